The highest BCUT2D eigenvalue weighted by Crippen LogP contribution is 2.51. The number of aliphatic hydroxyl groups excluding tert-OH is 1. The Morgan fingerprint density at radius 1 is 1.18 bits per heavy atom. The zero-order valence-electron chi connectivity index (χ0n) is 27.7. The van der Waals surface area contributed by atoms with Gasteiger partial charge in [-0.3, -0.25) is 14.1 Å². The first kappa shape index (κ1) is 35.6. The van der Waals surface area contributed by atoms with Crippen molar-refractivity contribution in [1.82, 2.24) is 29.4 Å². The van der Waals surface area contributed by atoms with Gasteiger partial charge in [0, 0.05) is 7.05 Å². The molecule has 0 bridgehead atoms. The quantitative estimate of drug-likeness (QED) is 0.0831. The maximum absolute atomic E-state index is 14.6. The molecule has 1 fully saturated rings. The highest BCUT2D eigenvalue weighted by Gasteiger charge is 2.55. The largest absolute Gasteiger partial charge is 0.460 e. The summed E-state index contributed by atoms with van der Waals surface area (Å²) >= 11 is 0. The lowest BCUT2D eigenvalue weighted by Crippen LogP contribution is -2.50. The lowest BCUT2D eigenvalue weighted by Gasteiger charge is -2.36. The Morgan fingerprint density at radius 3 is 2.58 bits per heavy atom. The van der Waals surface area contributed by atoms with Crippen molar-refractivity contribution in [2.45, 2.75) is 57.0 Å². The summed E-state index contributed by atoms with van der Waals surface area (Å²) in [4.78, 5) is 28.1. The number of nitrogens with two attached hydrogens (primary N) is 1. The second kappa shape index (κ2) is 12.8. The Balaban J connectivity index is 1.30. The summed E-state index contributed by atoms with van der Waals surface area (Å²) in [6, 6.07) is 13.6. The molecule has 6 N–H and O–H groups in total. The van der Waals surface area contributed by atoms with Gasteiger partial charge in [0.05, 0.1) is 19.2 Å². The number of nitrogens with one attached hydrogen (secondary N) is 2. The standard InChI is InChI=1S/C30H37N8O10PS/c1-17-10-12-19(13-11-17)48-49(42,35-29(2)20-9-7-6-8-18(20)14-45-27(29)40)46-15-21-23(39)30(3,41)26(47-21)38-16-32-22-24(33-28(31)34-25(22)38)37(4)36-50(5,43)44/h6-13,16,21,23,26,36,39,41H,14-15H2,1-5H3,(H,35,42)(H2,31,33,34)/t21?,23-,26?,29?,30-,49?/m1/s1. The van der Waals surface area contributed by atoms with E-state index in [1.54, 1.807) is 48.5 Å². The molecule has 0 saturated carbocycles. The number of ether oxygens (including phenoxy) is 2. The number of hydrogen-bond acceptors (Lipinski definition) is 15. The molecule has 2 aromatic heterocycles. The number of nitrogen functional groups attached to an aromatic ring is 1. The third kappa shape index (κ3) is 6.78. The predicted octanol–water partition coefficient (Wildman–Crippen LogP) is 1.39. The first-order chi connectivity index (χ1) is 23.4. The molecule has 50 heavy (non-hydrogen) atoms. The van der Waals surface area contributed by atoms with Gasteiger partial charge in [-0.2, -0.15) is 15.1 Å². The maximum Gasteiger partial charge on any atom is 0.460 e. The lowest BCUT2D eigenvalue weighted by molar-refractivity contribution is -0.154. The van der Waals surface area contributed by atoms with Crippen LogP contribution < -0.4 is 25.2 Å². The molecule has 2 aliphatic heterocycles. The van der Waals surface area contributed by atoms with Crippen molar-refractivity contribution in [3.63, 3.8) is 0 Å². The number of carbonyl (C=O) groups is 1. The fourth-order valence-corrected chi connectivity index (χ4v) is 8.14. The van der Waals surface area contributed by atoms with Crippen molar-refractivity contribution in [2.24, 2.45) is 0 Å². The van der Waals surface area contributed by atoms with Gasteiger partial charge in [0.15, 0.2) is 23.2 Å². The Labute approximate surface area is 287 Å². The van der Waals surface area contributed by atoms with Crippen LogP contribution in [0.1, 0.15) is 36.8 Å². The summed E-state index contributed by atoms with van der Waals surface area (Å²) in [6.45, 7) is 4.11. The van der Waals surface area contributed by atoms with Crippen LogP contribution in [-0.4, -0.2) is 81.8 Å². The van der Waals surface area contributed by atoms with Crippen LogP contribution in [0.15, 0.2) is 54.9 Å². The average Bonchev–Trinajstić information content (AvgIpc) is 3.55. The van der Waals surface area contributed by atoms with Crippen LogP contribution in [0.25, 0.3) is 11.2 Å². The topological polar surface area (TPSA) is 243 Å². The van der Waals surface area contributed by atoms with Gasteiger partial charge >= 0.3 is 13.7 Å². The van der Waals surface area contributed by atoms with Crippen molar-refractivity contribution in [1.29, 1.82) is 0 Å². The third-order valence-electron chi connectivity index (χ3n) is 8.39. The minimum Gasteiger partial charge on any atom is -0.459 e. The molecule has 2 aliphatic rings. The summed E-state index contributed by atoms with van der Waals surface area (Å²) in [6.07, 6.45) is -2.07. The number of carbonyl (C=O) groups excluding carboxylic acids is 1. The van der Waals surface area contributed by atoms with E-state index >= 15 is 0 Å². The first-order valence-corrected chi connectivity index (χ1v) is 18.7. The van der Waals surface area contributed by atoms with E-state index in [9.17, 15) is 28.0 Å². The normalized spacial score (nSPS) is 26.3. The molecule has 6 rings (SSSR count). The molecule has 18 nitrogen and oxygen atoms in total. The van der Waals surface area contributed by atoms with Crippen molar-refractivity contribution in [3.05, 3.63) is 71.5 Å². The fourth-order valence-electron chi connectivity index (χ4n) is 5.90. The Kier molecular flexibility index (Phi) is 9.15. The van der Waals surface area contributed by atoms with Gasteiger partial charge in [-0.1, -0.05) is 42.0 Å². The molecular formula is C30H37N8O10PS. The third-order valence-corrected chi connectivity index (χ3v) is 10.7. The minimum atomic E-state index is -4.51. The number of aryl methyl sites for hydroxylation is 1. The van der Waals surface area contributed by atoms with Crippen molar-refractivity contribution < 1.29 is 46.5 Å². The molecule has 268 valence electrons. The minimum absolute atomic E-state index is 0.00585. The van der Waals surface area contributed by atoms with E-state index < -0.39 is 59.9 Å². The number of imidazole rings is 1. The van der Waals surface area contributed by atoms with Crippen LogP contribution in [-0.2, 0) is 45.5 Å². The van der Waals surface area contributed by atoms with Crippen molar-refractivity contribution >= 4 is 46.7 Å². The molecule has 2 aromatic carbocycles. The van der Waals surface area contributed by atoms with Gasteiger partial charge in [-0.25, -0.2) is 22.8 Å². The van der Waals surface area contributed by atoms with Gasteiger partial charge in [0.25, 0.3) is 0 Å². The van der Waals surface area contributed by atoms with E-state index in [1.165, 1.54) is 31.8 Å². The summed E-state index contributed by atoms with van der Waals surface area (Å²) < 4.78 is 62.9. The molecule has 0 spiro atoms. The van der Waals surface area contributed by atoms with E-state index in [0.29, 0.717) is 11.1 Å². The molecule has 4 unspecified atom stereocenters. The number of nitrogens with zero attached hydrogens (tertiary/aromatic N) is 5. The van der Waals surface area contributed by atoms with E-state index in [2.05, 4.69) is 24.9 Å². The maximum atomic E-state index is 14.6. The molecule has 20 heteroatoms. The molecule has 6 atom stereocenters. The number of hydrogen-bond donors (Lipinski definition) is 5. The van der Waals surface area contributed by atoms with E-state index in [1.807, 2.05) is 6.92 Å². The summed E-state index contributed by atoms with van der Waals surface area (Å²) in [5.41, 5.74) is 4.54. The van der Waals surface area contributed by atoms with Crippen molar-refractivity contribution in [3.8, 4) is 5.75 Å². The Bertz CT molecular complexity index is 2100. The number of rotatable bonds is 11. The number of sulfonamides is 1. The van der Waals surface area contributed by atoms with Crippen LogP contribution in [0.3, 0.4) is 0 Å². The van der Waals surface area contributed by atoms with Crippen LogP contribution in [0, 0.1) is 6.92 Å². The number of anilines is 2. The van der Waals surface area contributed by atoms with E-state index in [0.717, 1.165) is 16.8 Å². The zero-order valence-corrected chi connectivity index (χ0v) is 29.4. The number of esters is 1. The monoisotopic (exact) mass is 732 g/mol. The number of aliphatic hydroxyl groups is 2. The predicted molar refractivity (Wildman–Crippen MR) is 179 cm³/mol. The molecular weight excluding hydrogens is 695 g/mol. The first-order valence-electron chi connectivity index (χ1n) is 15.2. The SMILES string of the molecule is Cc1ccc(OP(=O)(NC2(C)C(=O)OCc3ccccc32)OCC2OC(n3cnc4c(N(C)NS(C)(=O)=O)nc(N)nc43)[C@](C)(O)[C@@H]2O)cc1. The number of fused-ring (bicyclic) bond motifs is 2. The number of cyclic esters (lactones) is 1. The molecule has 4 heterocycles. The Morgan fingerprint density at radius 2 is 1.88 bits per heavy atom. The Hall–Kier alpha value is -4.20. The second-order valence-corrected chi connectivity index (χ2v) is 15.9. The van der Waals surface area contributed by atoms with Crippen LogP contribution in [0.4, 0.5) is 11.8 Å². The second-order valence-electron chi connectivity index (χ2n) is 12.5. The van der Waals surface area contributed by atoms with Crippen LogP contribution in [0.5, 0.6) is 5.75 Å². The molecule has 4 aromatic rings. The lowest BCUT2D eigenvalue weighted by atomic mass is 9.87. The molecule has 0 radical (unpaired) electrons. The van der Waals surface area contributed by atoms with Crippen molar-refractivity contribution in [2.75, 3.05) is 30.7 Å². The summed E-state index contributed by atoms with van der Waals surface area (Å²) in [5.74, 6) is -0.784. The molecule has 0 aliphatic carbocycles. The summed E-state index contributed by atoms with van der Waals surface area (Å²) in [5, 5.41) is 26.7. The van der Waals surface area contributed by atoms with Gasteiger partial charge in [-0.15, -0.1) is 4.83 Å². The highest BCUT2D eigenvalue weighted by molar-refractivity contribution is 7.88. The number of benzene rings is 2. The molecule has 1 saturated heterocycles. The average molecular weight is 733 g/mol. The van der Waals surface area contributed by atoms with Gasteiger partial charge in [0.1, 0.15) is 35.7 Å². The van der Waals surface area contributed by atoms with Crippen LogP contribution in [0.2, 0.25) is 0 Å². The van der Waals surface area contributed by atoms with Crippen LogP contribution >= 0.6 is 7.75 Å². The van der Waals surface area contributed by atoms with Gasteiger partial charge in [-0.05, 0) is 44.0 Å². The number of hydrazine groups is 1. The zero-order chi connectivity index (χ0) is 36.2. The number of aromatic nitrogens is 4. The molecule has 0 amide bonds. The van der Waals surface area contributed by atoms with Gasteiger partial charge < -0.3 is 29.9 Å². The fraction of sp³-hybridized carbons (Fsp3) is 0.400. The smallest absolute Gasteiger partial charge is 0.459 e. The summed E-state index contributed by atoms with van der Waals surface area (Å²) in [7, 11) is -6.82. The van der Waals surface area contributed by atoms with Gasteiger partial charge in [0.2, 0.25) is 16.0 Å². The van der Waals surface area contributed by atoms with E-state index in [-0.39, 0.29) is 35.3 Å². The highest BCUT2D eigenvalue weighted by atomic mass is 32.2. The van der Waals surface area contributed by atoms with E-state index in [4.69, 9.17) is 24.3 Å².